The lowest BCUT2D eigenvalue weighted by Gasteiger charge is -2.24. The number of halogens is 1. The second-order valence-electron chi connectivity index (χ2n) is 11.1. The summed E-state index contributed by atoms with van der Waals surface area (Å²) >= 11 is 4.97. The van der Waals surface area contributed by atoms with Gasteiger partial charge in [-0.15, -0.1) is 0 Å². The Balaban J connectivity index is 0.000000300. The normalized spacial score (nSPS) is 10.9. The number of carbonyl (C=O) groups excluding carboxylic acids is 2. The summed E-state index contributed by atoms with van der Waals surface area (Å²) in [5.74, 6) is 0. The van der Waals surface area contributed by atoms with Gasteiger partial charge in [-0.3, -0.25) is 19.8 Å². The third-order valence-corrected chi connectivity index (χ3v) is 8.65. The van der Waals surface area contributed by atoms with E-state index in [-0.39, 0.29) is 13.5 Å². The number of thiazole rings is 2. The Hall–Kier alpha value is -3.43. The van der Waals surface area contributed by atoms with Crippen LogP contribution in [0.1, 0.15) is 54.7 Å². The van der Waals surface area contributed by atoms with E-state index in [2.05, 4.69) is 49.1 Å². The largest absolute Gasteiger partial charge is 0.443 e. The minimum absolute atomic E-state index is 0. The van der Waals surface area contributed by atoms with Crippen LogP contribution in [0.5, 0.6) is 0 Å². The Labute approximate surface area is 281 Å². The number of rotatable bonds is 5. The predicted octanol–water partition coefficient (Wildman–Crippen LogP) is 9.04. The van der Waals surface area contributed by atoms with Gasteiger partial charge in [-0.2, -0.15) is 0 Å². The molecule has 236 valence electrons. The van der Waals surface area contributed by atoms with E-state index in [1.54, 1.807) is 45.0 Å². The van der Waals surface area contributed by atoms with Crippen LogP contribution in [-0.2, 0) is 9.47 Å². The lowest BCUT2D eigenvalue weighted by Crippen LogP contribution is -2.34. The summed E-state index contributed by atoms with van der Waals surface area (Å²) in [4.78, 5) is 44.5. The lowest BCUT2D eigenvalue weighted by molar-refractivity contribution is 0.0579. The van der Waals surface area contributed by atoms with Gasteiger partial charge >= 0.3 is 12.2 Å². The zero-order chi connectivity index (χ0) is 31.9. The first-order valence-electron chi connectivity index (χ1n) is 13.1. The topological polar surface area (TPSA) is 111 Å². The number of amides is 2. The first-order chi connectivity index (χ1) is 20.1. The van der Waals surface area contributed by atoms with Gasteiger partial charge in [-0.05, 0) is 94.5 Å². The highest BCUT2D eigenvalue weighted by atomic mass is 127. The van der Waals surface area contributed by atoms with Crippen LogP contribution in [0.25, 0.3) is 27.2 Å². The lowest BCUT2D eigenvalue weighted by atomic mass is 10.2. The summed E-state index contributed by atoms with van der Waals surface area (Å²) in [7, 11) is 3.36. The Kier molecular flexibility index (Phi) is 13.0. The Morgan fingerprint density at radius 1 is 0.818 bits per heavy atom. The maximum atomic E-state index is 12.2. The summed E-state index contributed by atoms with van der Waals surface area (Å²) in [5.41, 5.74) is 1.42. The molecule has 13 heteroatoms. The molecule has 0 atom stereocenters. The van der Waals surface area contributed by atoms with Crippen LogP contribution in [0.3, 0.4) is 0 Å². The molecule has 0 saturated carbocycles. The Bertz CT molecular complexity index is 1550. The van der Waals surface area contributed by atoms with Gasteiger partial charge in [0, 0.05) is 50.0 Å². The van der Waals surface area contributed by atoms with E-state index in [1.165, 1.54) is 32.5 Å². The number of pyridine rings is 2. The van der Waals surface area contributed by atoms with Crippen molar-refractivity contribution in [3.05, 3.63) is 65.0 Å². The number of hydrogen-bond donors (Lipinski definition) is 0. The summed E-state index contributed by atoms with van der Waals surface area (Å²) in [6.45, 7) is 14.8. The fraction of sp³-hybridized carbons (Fsp3) is 0.355. The van der Waals surface area contributed by atoms with Gasteiger partial charge < -0.3 is 9.47 Å². The zero-order valence-electron chi connectivity index (χ0n) is 25.4. The molecular formula is C31H39IN6O4S2. The van der Waals surface area contributed by atoms with Crippen LogP contribution in [0.15, 0.2) is 55.6 Å². The number of hydrogen-bond acceptors (Lipinski definition) is 10. The summed E-state index contributed by atoms with van der Waals surface area (Å²) < 4.78 is 11.5. The van der Waals surface area contributed by atoms with Crippen molar-refractivity contribution in [2.75, 3.05) is 23.9 Å². The molecule has 0 bridgehead atoms. The molecule has 0 aliphatic rings. The minimum atomic E-state index is -0.545. The highest BCUT2D eigenvalue weighted by molar-refractivity contribution is 14.1. The quantitative estimate of drug-likeness (QED) is 0.186. The molecule has 44 heavy (non-hydrogen) atoms. The molecule has 0 radical (unpaired) electrons. The fourth-order valence-electron chi connectivity index (χ4n) is 3.25. The number of nitrogens with zero attached hydrogens (tertiary/aromatic N) is 6. The van der Waals surface area contributed by atoms with E-state index in [9.17, 15) is 9.59 Å². The molecule has 0 aliphatic carbocycles. The van der Waals surface area contributed by atoms with Crippen molar-refractivity contribution in [3.8, 4) is 21.1 Å². The monoisotopic (exact) mass is 750 g/mol. The molecule has 4 rings (SSSR count). The molecule has 0 fully saturated rings. The fourth-order valence-corrected chi connectivity index (χ4v) is 6.26. The average Bonchev–Trinajstić information content (AvgIpc) is 3.55. The van der Waals surface area contributed by atoms with E-state index in [0.717, 1.165) is 29.8 Å². The van der Waals surface area contributed by atoms with Crippen molar-refractivity contribution in [1.29, 1.82) is 0 Å². The molecule has 0 N–H and O–H groups in total. The van der Waals surface area contributed by atoms with Gasteiger partial charge in [0.2, 0.25) is 0 Å². The highest BCUT2D eigenvalue weighted by Gasteiger charge is 2.25. The Morgan fingerprint density at radius 3 is 1.66 bits per heavy atom. The summed E-state index contributed by atoms with van der Waals surface area (Å²) in [6.07, 6.45) is 7.75. The number of carbonyl (C=O) groups is 2. The maximum Gasteiger partial charge on any atom is 0.415 e. The van der Waals surface area contributed by atoms with E-state index in [4.69, 9.17) is 9.47 Å². The van der Waals surface area contributed by atoms with Crippen molar-refractivity contribution in [2.24, 2.45) is 0 Å². The molecule has 2 amide bonds. The Morgan fingerprint density at radius 2 is 1.25 bits per heavy atom. The standard InChI is InChI=1S/C16H19N3O2S.C14H16IN3O2S.CH4/c1-6-12-14(19(5)15(20)21-16(2,3)4)22-13(18-12)11-8-7-9-17-10-11;1-14(2,3)20-13(19)18(4)12-10(15)17-11(21-12)9-6-5-7-16-8-9;/h6-10H,1H2,2-5H3;5-8H,1-4H3;1H4. The number of ether oxygens (including phenoxy) is 2. The molecule has 4 heterocycles. The van der Waals surface area contributed by atoms with E-state index in [0.29, 0.717) is 10.7 Å². The first-order valence-corrected chi connectivity index (χ1v) is 15.8. The van der Waals surface area contributed by atoms with Crippen molar-refractivity contribution in [3.63, 3.8) is 0 Å². The van der Waals surface area contributed by atoms with Crippen molar-refractivity contribution in [1.82, 2.24) is 19.9 Å². The molecule has 10 nitrogen and oxygen atoms in total. The summed E-state index contributed by atoms with van der Waals surface area (Å²) in [6, 6.07) is 7.58. The maximum absolute atomic E-state index is 12.2. The van der Waals surface area contributed by atoms with Crippen molar-refractivity contribution < 1.29 is 19.1 Å². The van der Waals surface area contributed by atoms with Gasteiger partial charge in [0.1, 0.15) is 34.9 Å². The molecule has 4 aromatic heterocycles. The van der Waals surface area contributed by atoms with Gasteiger partial charge in [0.05, 0.1) is 5.69 Å². The van der Waals surface area contributed by atoms with Crippen LogP contribution < -0.4 is 9.80 Å². The van der Waals surface area contributed by atoms with E-state index in [1.807, 2.05) is 65.8 Å². The SMILES string of the molecule is C.C=Cc1nc(-c2cccnc2)sc1N(C)C(=O)OC(C)(C)C.CN(C(=O)OC(C)(C)C)c1sc(-c2cccnc2)nc1I. The van der Waals surface area contributed by atoms with Gasteiger partial charge in [-0.25, -0.2) is 19.6 Å². The third kappa shape index (κ3) is 10.3. The van der Waals surface area contributed by atoms with Crippen LogP contribution >= 0.6 is 45.3 Å². The first kappa shape index (κ1) is 36.8. The van der Waals surface area contributed by atoms with Crippen LogP contribution in [-0.4, -0.2) is 57.4 Å². The summed E-state index contributed by atoms with van der Waals surface area (Å²) in [5, 5.41) is 3.08. The zero-order valence-corrected chi connectivity index (χ0v) is 29.2. The predicted molar refractivity (Wildman–Crippen MR) is 190 cm³/mol. The van der Waals surface area contributed by atoms with Gasteiger partial charge in [-0.1, -0.05) is 36.7 Å². The molecule has 0 unspecified atom stereocenters. The van der Waals surface area contributed by atoms with Crippen LogP contribution in [0, 0.1) is 3.70 Å². The smallest absolute Gasteiger partial charge is 0.415 e. The molecule has 0 aromatic carbocycles. The average molecular weight is 751 g/mol. The molecular weight excluding hydrogens is 711 g/mol. The van der Waals surface area contributed by atoms with E-state index < -0.39 is 17.3 Å². The minimum Gasteiger partial charge on any atom is -0.443 e. The molecule has 0 aliphatic heterocycles. The molecule has 4 aromatic rings. The van der Waals surface area contributed by atoms with E-state index >= 15 is 0 Å². The second-order valence-corrected chi connectivity index (χ2v) is 14.1. The van der Waals surface area contributed by atoms with Gasteiger partial charge in [0.25, 0.3) is 0 Å². The molecule has 0 saturated heterocycles. The van der Waals surface area contributed by atoms with Crippen molar-refractivity contribution in [2.45, 2.75) is 60.2 Å². The van der Waals surface area contributed by atoms with Gasteiger partial charge in [0.15, 0.2) is 0 Å². The van der Waals surface area contributed by atoms with Crippen molar-refractivity contribution >= 4 is 73.5 Å². The number of aromatic nitrogens is 4. The van der Waals surface area contributed by atoms with Crippen LogP contribution in [0.2, 0.25) is 0 Å². The van der Waals surface area contributed by atoms with Crippen LogP contribution in [0.4, 0.5) is 19.6 Å². The highest BCUT2D eigenvalue weighted by Crippen LogP contribution is 2.36. The number of anilines is 2. The molecule has 0 spiro atoms. The third-order valence-electron chi connectivity index (χ3n) is 5.16. The second kappa shape index (κ2) is 15.5.